The van der Waals surface area contributed by atoms with Gasteiger partial charge in [-0.25, -0.2) is 5.01 Å². The normalized spacial score (nSPS) is 24.3. The van der Waals surface area contributed by atoms with E-state index in [1.807, 2.05) is 35.3 Å². The van der Waals surface area contributed by atoms with Crippen molar-refractivity contribution in [1.29, 1.82) is 5.26 Å². The molecule has 0 amide bonds. The second-order valence-electron chi connectivity index (χ2n) is 8.31. The first-order valence-corrected chi connectivity index (χ1v) is 10.9. The fourth-order valence-corrected chi connectivity index (χ4v) is 5.03. The van der Waals surface area contributed by atoms with Crippen molar-refractivity contribution < 1.29 is 9.53 Å². The third kappa shape index (κ3) is 3.48. The second kappa shape index (κ2) is 8.58. The maximum absolute atomic E-state index is 13.7. The lowest BCUT2D eigenvalue weighted by Gasteiger charge is -2.46. The van der Waals surface area contributed by atoms with Gasteiger partial charge in [-0.1, -0.05) is 36.4 Å². The van der Waals surface area contributed by atoms with E-state index in [1.54, 1.807) is 12.4 Å². The fourth-order valence-electron chi connectivity index (χ4n) is 5.03. The number of nitrogens with zero attached hydrogens (tertiary/aromatic N) is 4. The fraction of sp³-hybridized carbons (Fsp3) is 0.320. The van der Waals surface area contributed by atoms with Gasteiger partial charge >= 0.3 is 0 Å². The Balaban J connectivity index is 1.66. The van der Waals surface area contributed by atoms with E-state index in [4.69, 9.17) is 10.5 Å². The molecule has 0 unspecified atom stereocenters. The first kappa shape index (κ1) is 20.4. The number of aromatic nitrogens is 1. The third-order valence-corrected chi connectivity index (χ3v) is 6.50. The van der Waals surface area contributed by atoms with Gasteiger partial charge in [0, 0.05) is 43.2 Å². The molecule has 5 rings (SSSR count). The number of ketones is 1. The number of nitrogens with two attached hydrogens (primary N) is 1. The number of hydrogen-bond donors (Lipinski definition) is 1. The van der Waals surface area contributed by atoms with Crippen LogP contribution in [0.25, 0.3) is 0 Å². The van der Waals surface area contributed by atoms with Crippen molar-refractivity contribution in [1.82, 2.24) is 15.0 Å². The van der Waals surface area contributed by atoms with Crippen LogP contribution >= 0.6 is 0 Å². The molecule has 1 saturated heterocycles. The van der Waals surface area contributed by atoms with Crippen molar-refractivity contribution in [2.24, 2.45) is 5.73 Å². The SMILES string of the molecule is N#CC1=C(N)N(N2CCOCC2)C2=C(C(=O)C[C@@H](c3ccccc3)C2)[C@H]1c1cccnc1. The van der Waals surface area contributed by atoms with E-state index < -0.39 is 5.92 Å². The Hall–Kier alpha value is -3.47. The Bertz CT molecular complexity index is 1110. The van der Waals surface area contributed by atoms with E-state index >= 15 is 0 Å². The van der Waals surface area contributed by atoms with Gasteiger partial charge in [-0.2, -0.15) is 5.26 Å². The predicted molar refractivity (Wildman–Crippen MR) is 118 cm³/mol. The summed E-state index contributed by atoms with van der Waals surface area (Å²) in [5, 5.41) is 14.1. The number of morpholine rings is 1. The predicted octanol–water partition coefficient (Wildman–Crippen LogP) is 2.82. The number of carbonyl (C=O) groups excluding carboxylic acids is 1. The number of Topliss-reactive ketones (excluding diaryl/α,β-unsaturated/α-hetero) is 1. The van der Waals surface area contributed by atoms with Crippen LogP contribution in [0.1, 0.15) is 35.8 Å². The number of carbonyl (C=O) groups is 1. The molecule has 1 aromatic carbocycles. The Kier molecular flexibility index (Phi) is 5.48. The highest BCUT2D eigenvalue weighted by molar-refractivity contribution is 6.00. The van der Waals surface area contributed by atoms with Crippen LogP contribution in [0.5, 0.6) is 0 Å². The summed E-state index contributed by atoms with van der Waals surface area (Å²) in [6.07, 6.45) is 4.50. The highest BCUT2D eigenvalue weighted by Crippen LogP contribution is 2.48. The van der Waals surface area contributed by atoms with Crippen molar-refractivity contribution in [3.8, 4) is 6.07 Å². The highest BCUT2D eigenvalue weighted by atomic mass is 16.5. The first-order chi connectivity index (χ1) is 15.7. The average Bonchev–Trinajstić information content (AvgIpc) is 2.85. The van der Waals surface area contributed by atoms with Gasteiger partial charge in [0.1, 0.15) is 5.82 Å². The summed E-state index contributed by atoms with van der Waals surface area (Å²) in [6, 6.07) is 16.2. The molecular formula is C25H25N5O2. The summed E-state index contributed by atoms with van der Waals surface area (Å²) < 4.78 is 5.54. The number of rotatable bonds is 3. The maximum Gasteiger partial charge on any atom is 0.162 e. The molecule has 2 atom stereocenters. The van der Waals surface area contributed by atoms with Gasteiger partial charge in [-0.15, -0.1) is 0 Å². The molecule has 2 N–H and O–H groups in total. The van der Waals surface area contributed by atoms with Gasteiger partial charge in [0.2, 0.25) is 0 Å². The maximum atomic E-state index is 13.7. The van der Waals surface area contributed by atoms with Gasteiger partial charge in [-0.3, -0.25) is 14.8 Å². The number of ether oxygens (including phenoxy) is 1. The van der Waals surface area contributed by atoms with Crippen LogP contribution < -0.4 is 5.73 Å². The molecule has 0 bridgehead atoms. The molecule has 0 saturated carbocycles. The number of allylic oxidation sites excluding steroid dienone is 3. The number of benzene rings is 1. The smallest absolute Gasteiger partial charge is 0.162 e. The molecule has 1 aromatic heterocycles. The van der Waals surface area contributed by atoms with Gasteiger partial charge in [-0.05, 0) is 29.5 Å². The van der Waals surface area contributed by atoms with Crippen LogP contribution in [0.3, 0.4) is 0 Å². The molecule has 3 heterocycles. The number of hydrogen-bond acceptors (Lipinski definition) is 7. The minimum atomic E-state index is -0.495. The first-order valence-electron chi connectivity index (χ1n) is 10.9. The standard InChI is InChI=1S/C25H25N5O2/c26-15-20-23(18-7-4-8-28-16-18)24-21(30(25(20)27)29-9-11-32-12-10-29)13-19(14-22(24)31)17-5-2-1-3-6-17/h1-8,16,19,23H,9-14,27H2/t19-,23-/m0/s1. The van der Waals surface area contributed by atoms with Gasteiger partial charge in [0.05, 0.1) is 30.8 Å². The van der Waals surface area contributed by atoms with Crippen molar-refractivity contribution in [2.75, 3.05) is 26.3 Å². The zero-order valence-corrected chi connectivity index (χ0v) is 17.8. The summed E-state index contributed by atoms with van der Waals surface area (Å²) in [7, 11) is 0. The lowest BCUT2D eigenvalue weighted by Crippen LogP contribution is -2.52. The van der Waals surface area contributed by atoms with Crippen molar-refractivity contribution in [3.63, 3.8) is 0 Å². The van der Waals surface area contributed by atoms with E-state index in [1.165, 1.54) is 0 Å². The molecule has 2 aliphatic heterocycles. The topological polar surface area (TPSA) is 95.5 Å². The Morgan fingerprint density at radius 1 is 1.06 bits per heavy atom. The number of pyridine rings is 1. The summed E-state index contributed by atoms with van der Waals surface area (Å²) in [5.41, 5.74) is 10.6. The number of hydrazine groups is 1. The molecule has 1 aliphatic carbocycles. The quantitative estimate of drug-likeness (QED) is 0.805. The lowest BCUT2D eigenvalue weighted by molar-refractivity contribution is -0.117. The van der Waals surface area contributed by atoms with Crippen molar-refractivity contribution in [3.05, 3.63) is 88.6 Å². The van der Waals surface area contributed by atoms with E-state index in [0.717, 1.165) is 16.8 Å². The summed E-state index contributed by atoms with van der Waals surface area (Å²) in [5.74, 6) is 0.0261. The van der Waals surface area contributed by atoms with Gasteiger partial charge in [0.25, 0.3) is 0 Å². The molecule has 7 heteroatoms. The van der Waals surface area contributed by atoms with Crippen LogP contribution in [0, 0.1) is 11.3 Å². The monoisotopic (exact) mass is 427 g/mol. The van der Waals surface area contributed by atoms with Crippen LogP contribution in [0.2, 0.25) is 0 Å². The van der Waals surface area contributed by atoms with Crippen LogP contribution in [0.15, 0.2) is 77.5 Å². The summed E-state index contributed by atoms with van der Waals surface area (Å²) >= 11 is 0. The average molecular weight is 428 g/mol. The minimum absolute atomic E-state index is 0.0625. The van der Waals surface area contributed by atoms with E-state index in [0.29, 0.717) is 56.1 Å². The zero-order chi connectivity index (χ0) is 22.1. The van der Waals surface area contributed by atoms with Crippen LogP contribution in [0.4, 0.5) is 0 Å². The second-order valence-corrected chi connectivity index (χ2v) is 8.31. The van der Waals surface area contributed by atoms with Crippen LogP contribution in [-0.2, 0) is 9.53 Å². The molecular weight excluding hydrogens is 402 g/mol. The van der Waals surface area contributed by atoms with Crippen LogP contribution in [-0.4, -0.2) is 47.1 Å². The Labute approximate surface area is 187 Å². The van der Waals surface area contributed by atoms with E-state index in [-0.39, 0.29) is 11.7 Å². The molecule has 2 aromatic rings. The van der Waals surface area contributed by atoms with Crippen molar-refractivity contribution in [2.45, 2.75) is 24.7 Å². The largest absolute Gasteiger partial charge is 0.383 e. The molecule has 7 nitrogen and oxygen atoms in total. The Morgan fingerprint density at radius 3 is 2.50 bits per heavy atom. The molecule has 0 radical (unpaired) electrons. The molecule has 1 fully saturated rings. The van der Waals surface area contributed by atoms with Gasteiger partial charge in [0.15, 0.2) is 5.78 Å². The number of nitriles is 1. The van der Waals surface area contributed by atoms with E-state index in [2.05, 4.69) is 28.2 Å². The summed E-state index contributed by atoms with van der Waals surface area (Å²) in [6.45, 7) is 2.46. The molecule has 162 valence electrons. The minimum Gasteiger partial charge on any atom is -0.383 e. The molecule has 0 spiro atoms. The van der Waals surface area contributed by atoms with Crippen molar-refractivity contribution >= 4 is 5.78 Å². The lowest BCUT2D eigenvalue weighted by atomic mass is 9.72. The summed E-state index contributed by atoms with van der Waals surface area (Å²) in [4.78, 5) is 17.9. The Morgan fingerprint density at radius 2 is 1.81 bits per heavy atom. The highest BCUT2D eigenvalue weighted by Gasteiger charge is 2.44. The molecule has 32 heavy (non-hydrogen) atoms. The van der Waals surface area contributed by atoms with E-state index in [9.17, 15) is 10.1 Å². The van der Waals surface area contributed by atoms with Gasteiger partial charge < -0.3 is 10.5 Å². The zero-order valence-electron chi connectivity index (χ0n) is 17.8. The molecule has 3 aliphatic rings. The third-order valence-electron chi connectivity index (χ3n) is 6.50.